The van der Waals surface area contributed by atoms with Crippen LogP contribution >= 0.6 is 0 Å². The second kappa shape index (κ2) is 6.61. The van der Waals surface area contributed by atoms with E-state index in [2.05, 4.69) is 4.98 Å². The fourth-order valence-electron chi connectivity index (χ4n) is 3.21. The molecule has 0 bridgehead atoms. The lowest BCUT2D eigenvalue weighted by molar-refractivity contribution is -0.144. The lowest BCUT2D eigenvalue weighted by Gasteiger charge is -2.36. The zero-order valence-corrected chi connectivity index (χ0v) is 14.9. The van der Waals surface area contributed by atoms with Crippen molar-refractivity contribution in [3.05, 3.63) is 36.4 Å². The van der Waals surface area contributed by atoms with Crippen molar-refractivity contribution >= 4 is 16.0 Å². The molecule has 1 saturated heterocycles. The van der Waals surface area contributed by atoms with Crippen LogP contribution in [0.2, 0.25) is 0 Å². The Morgan fingerprint density at radius 3 is 2.56 bits per heavy atom. The topological polar surface area (TPSA) is 101 Å². The standard InChI is InChI=1S/C17H20N2O5S/c1-11-15(17(20)21)4-3-9-19(11)25(22,23)14-7-5-13(6-8-14)16-10-24-12(2)18-16/h5-8,10-11,15H,3-4,9H2,1-2H3,(H,20,21)/t11-,15-/m1/s1. The first-order valence-corrected chi connectivity index (χ1v) is 9.52. The molecule has 3 rings (SSSR count). The molecule has 1 N–H and O–H groups in total. The molecule has 1 aromatic carbocycles. The second-order valence-electron chi connectivity index (χ2n) is 6.22. The van der Waals surface area contributed by atoms with Crippen molar-refractivity contribution in [1.82, 2.24) is 9.29 Å². The summed E-state index contributed by atoms with van der Waals surface area (Å²) in [4.78, 5) is 15.7. The van der Waals surface area contributed by atoms with Crippen LogP contribution in [0.5, 0.6) is 0 Å². The monoisotopic (exact) mass is 364 g/mol. The molecule has 0 radical (unpaired) electrons. The molecule has 2 atom stereocenters. The molecule has 2 heterocycles. The SMILES string of the molecule is Cc1nc(-c2ccc(S(=O)(=O)N3CCC[C@@H](C(=O)O)[C@H]3C)cc2)co1. The molecule has 134 valence electrons. The highest BCUT2D eigenvalue weighted by Gasteiger charge is 2.39. The second-order valence-corrected chi connectivity index (χ2v) is 8.11. The summed E-state index contributed by atoms with van der Waals surface area (Å²) in [7, 11) is -3.75. The van der Waals surface area contributed by atoms with Gasteiger partial charge in [-0.2, -0.15) is 4.31 Å². The smallest absolute Gasteiger partial charge is 0.308 e. The highest BCUT2D eigenvalue weighted by molar-refractivity contribution is 7.89. The first-order valence-electron chi connectivity index (χ1n) is 8.08. The maximum atomic E-state index is 12.9. The number of aliphatic carboxylic acids is 1. The van der Waals surface area contributed by atoms with Crippen LogP contribution in [0.1, 0.15) is 25.7 Å². The van der Waals surface area contributed by atoms with Crippen molar-refractivity contribution < 1.29 is 22.7 Å². The number of piperidine rings is 1. The van der Waals surface area contributed by atoms with Crippen molar-refractivity contribution in [1.29, 1.82) is 0 Å². The van der Waals surface area contributed by atoms with E-state index in [0.717, 1.165) is 5.56 Å². The summed E-state index contributed by atoms with van der Waals surface area (Å²) in [5.74, 6) is -1.10. The molecule has 7 nitrogen and oxygen atoms in total. The molecule has 25 heavy (non-hydrogen) atoms. The Hall–Kier alpha value is -2.19. The van der Waals surface area contributed by atoms with E-state index in [1.165, 1.54) is 22.7 Å². The minimum Gasteiger partial charge on any atom is -0.481 e. The first kappa shape index (κ1) is 17.6. The number of carboxylic acids is 1. The van der Waals surface area contributed by atoms with Crippen molar-refractivity contribution in [3.8, 4) is 11.3 Å². The van der Waals surface area contributed by atoms with Crippen LogP contribution in [-0.2, 0) is 14.8 Å². The van der Waals surface area contributed by atoms with E-state index in [4.69, 9.17) is 4.42 Å². The van der Waals surface area contributed by atoms with E-state index in [1.54, 1.807) is 26.0 Å². The van der Waals surface area contributed by atoms with Gasteiger partial charge in [-0.3, -0.25) is 4.79 Å². The molecule has 1 aromatic heterocycles. The normalized spacial score (nSPS) is 22.0. The molecule has 1 aliphatic rings. The Labute approximate surface area is 146 Å². The molecular formula is C17H20N2O5S. The average Bonchev–Trinajstić information content (AvgIpc) is 3.01. The number of oxazole rings is 1. The van der Waals surface area contributed by atoms with Crippen molar-refractivity contribution in [2.45, 2.75) is 37.6 Å². The number of aryl methyl sites for hydroxylation is 1. The predicted octanol–water partition coefficient (Wildman–Crippen LogP) is 2.52. The maximum Gasteiger partial charge on any atom is 0.308 e. The number of carbonyl (C=O) groups is 1. The van der Waals surface area contributed by atoms with E-state index in [1.807, 2.05) is 0 Å². The minimum absolute atomic E-state index is 0.148. The van der Waals surface area contributed by atoms with Gasteiger partial charge in [-0.1, -0.05) is 12.1 Å². The Kier molecular flexibility index (Phi) is 4.66. The molecule has 0 unspecified atom stereocenters. The van der Waals surface area contributed by atoms with Crippen LogP contribution in [0.15, 0.2) is 39.8 Å². The molecular weight excluding hydrogens is 344 g/mol. The van der Waals surface area contributed by atoms with Crippen LogP contribution in [-0.4, -0.2) is 41.4 Å². The fraction of sp³-hybridized carbons (Fsp3) is 0.412. The van der Waals surface area contributed by atoms with Gasteiger partial charge in [0.1, 0.15) is 12.0 Å². The van der Waals surface area contributed by atoms with Gasteiger partial charge in [0.25, 0.3) is 0 Å². The molecule has 0 saturated carbocycles. The van der Waals surface area contributed by atoms with E-state index in [-0.39, 0.29) is 4.90 Å². The molecule has 1 fully saturated rings. The molecule has 2 aromatic rings. The molecule has 0 spiro atoms. The van der Waals surface area contributed by atoms with E-state index < -0.39 is 28.0 Å². The van der Waals surface area contributed by atoms with Crippen LogP contribution in [0.4, 0.5) is 0 Å². The third kappa shape index (κ3) is 3.32. The molecule has 0 amide bonds. The van der Waals surface area contributed by atoms with Gasteiger partial charge in [0.2, 0.25) is 10.0 Å². The van der Waals surface area contributed by atoms with E-state index >= 15 is 0 Å². The van der Waals surface area contributed by atoms with Crippen LogP contribution in [0.25, 0.3) is 11.3 Å². The van der Waals surface area contributed by atoms with Crippen molar-refractivity contribution in [2.75, 3.05) is 6.54 Å². The summed E-state index contributed by atoms with van der Waals surface area (Å²) in [5.41, 5.74) is 1.39. The number of aromatic nitrogens is 1. The number of hydrogen-bond donors (Lipinski definition) is 1. The highest BCUT2D eigenvalue weighted by atomic mass is 32.2. The predicted molar refractivity (Wildman–Crippen MR) is 90.4 cm³/mol. The third-order valence-corrected chi connectivity index (χ3v) is 6.62. The lowest BCUT2D eigenvalue weighted by Crippen LogP contribution is -2.48. The summed E-state index contributed by atoms with van der Waals surface area (Å²) < 4.78 is 32.3. The fourth-order valence-corrected chi connectivity index (χ4v) is 4.92. The third-order valence-electron chi connectivity index (χ3n) is 4.62. The Morgan fingerprint density at radius 2 is 2.00 bits per heavy atom. The van der Waals surface area contributed by atoms with Gasteiger partial charge in [-0.05, 0) is 31.9 Å². The molecule has 1 aliphatic heterocycles. The summed E-state index contributed by atoms with van der Waals surface area (Å²) in [6.45, 7) is 3.72. The Balaban J connectivity index is 1.88. The summed E-state index contributed by atoms with van der Waals surface area (Å²) in [6.07, 6.45) is 2.55. The first-order chi connectivity index (χ1) is 11.8. The number of benzene rings is 1. The van der Waals surface area contributed by atoms with E-state index in [9.17, 15) is 18.3 Å². The Morgan fingerprint density at radius 1 is 1.32 bits per heavy atom. The minimum atomic E-state index is -3.75. The van der Waals surface area contributed by atoms with Gasteiger partial charge in [-0.15, -0.1) is 0 Å². The van der Waals surface area contributed by atoms with Gasteiger partial charge in [0, 0.05) is 25.1 Å². The molecule has 8 heteroatoms. The highest BCUT2D eigenvalue weighted by Crippen LogP contribution is 2.30. The van der Waals surface area contributed by atoms with Crippen LogP contribution in [0.3, 0.4) is 0 Å². The van der Waals surface area contributed by atoms with Gasteiger partial charge < -0.3 is 9.52 Å². The lowest BCUT2D eigenvalue weighted by atomic mass is 9.92. The zero-order chi connectivity index (χ0) is 18.2. The number of hydrogen-bond acceptors (Lipinski definition) is 5. The largest absolute Gasteiger partial charge is 0.481 e. The van der Waals surface area contributed by atoms with Crippen LogP contribution in [0, 0.1) is 12.8 Å². The Bertz CT molecular complexity index is 873. The maximum absolute atomic E-state index is 12.9. The number of rotatable bonds is 4. The van der Waals surface area contributed by atoms with Gasteiger partial charge in [-0.25, -0.2) is 13.4 Å². The molecule has 0 aliphatic carbocycles. The van der Waals surface area contributed by atoms with Crippen molar-refractivity contribution in [2.24, 2.45) is 5.92 Å². The average molecular weight is 364 g/mol. The van der Waals surface area contributed by atoms with Gasteiger partial charge in [0.15, 0.2) is 5.89 Å². The number of carboxylic acid groups (broad SMARTS) is 1. The summed E-state index contributed by atoms with van der Waals surface area (Å²) in [5, 5.41) is 9.29. The zero-order valence-electron chi connectivity index (χ0n) is 14.0. The van der Waals surface area contributed by atoms with E-state index in [0.29, 0.717) is 31.0 Å². The number of sulfonamides is 1. The number of nitrogens with zero attached hydrogens (tertiary/aromatic N) is 2. The quantitative estimate of drug-likeness (QED) is 0.895. The summed E-state index contributed by atoms with van der Waals surface area (Å²) in [6, 6.07) is 5.81. The van der Waals surface area contributed by atoms with Gasteiger partial charge >= 0.3 is 5.97 Å². The van der Waals surface area contributed by atoms with Crippen LogP contribution < -0.4 is 0 Å². The summed E-state index contributed by atoms with van der Waals surface area (Å²) >= 11 is 0. The van der Waals surface area contributed by atoms with Gasteiger partial charge in [0.05, 0.1) is 10.8 Å². The van der Waals surface area contributed by atoms with Crippen molar-refractivity contribution in [3.63, 3.8) is 0 Å².